The molecule has 3 rings (SSSR count). The van der Waals surface area contributed by atoms with Crippen LogP contribution in [-0.4, -0.2) is 21.8 Å². The van der Waals surface area contributed by atoms with E-state index in [0.29, 0.717) is 10.8 Å². The Morgan fingerprint density at radius 2 is 1.90 bits per heavy atom. The molecular weight excluding hydrogens is 402 g/mol. The van der Waals surface area contributed by atoms with Crippen molar-refractivity contribution in [1.29, 1.82) is 0 Å². The first-order valence-corrected chi connectivity index (χ1v) is 9.77. The van der Waals surface area contributed by atoms with Gasteiger partial charge in [0, 0.05) is 18.6 Å². The average molecular weight is 424 g/mol. The molecule has 0 bridgehead atoms. The van der Waals surface area contributed by atoms with E-state index >= 15 is 0 Å². The molecule has 0 aliphatic carbocycles. The molecule has 0 saturated heterocycles. The Kier molecular flexibility index (Phi) is 6.98. The predicted molar refractivity (Wildman–Crippen MR) is 116 cm³/mol. The molecule has 0 fully saturated rings. The van der Waals surface area contributed by atoms with Gasteiger partial charge in [0.05, 0.1) is 23.0 Å². The molecule has 0 aliphatic heterocycles. The number of carbonyl (C=O) groups is 2. The summed E-state index contributed by atoms with van der Waals surface area (Å²) in [5.74, 6) is -0.372. The highest BCUT2D eigenvalue weighted by molar-refractivity contribution is 6.33. The molecule has 0 aliphatic rings. The van der Waals surface area contributed by atoms with Gasteiger partial charge in [-0.25, -0.2) is 4.98 Å². The van der Waals surface area contributed by atoms with Crippen LogP contribution in [-0.2, 0) is 11.2 Å². The molecule has 8 heteroatoms. The van der Waals surface area contributed by atoms with Crippen LogP contribution in [0.3, 0.4) is 0 Å². The number of hydrogen-bond donors (Lipinski definition) is 3. The minimum Gasteiger partial charge on any atom is -0.362 e. The van der Waals surface area contributed by atoms with Gasteiger partial charge in [-0.05, 0) is 42.7 Å². The number of pyridine rings is 2. The Hall–Kier alpha value is -3.45. The highest BCUT2D eigenvalue weighted by atomic mass is 35.5. The first-order chi connectivity index (χ1) is 14.4. The highest BCUT2D eigenvalue weighted by Crippen LogP contribution is 2.24. The van der Waals surface area contributed by atoms with Gasteiger partial charge in [0.25, 0.3) is 5.91 Å². The Balaban J connectivity index is 1.57. The predicted octanol–water partition coefficient (Wildman–Crippen LogP) is 3.62. The number of rotatable bonds is 6. The number of carbonyl (C=O) groups excluding carboxylic acids is 2. The van der Waals surface area contributed by atoms with Gasteiger partial charge in [-0.2, -0.15) is 0 Å². The lowest BCUT2D eigenvalue weighted by molar-refractivity contribution is -0.121. The van der Waals surface area contributed by atoms with E-state index in [9.17, 15) is 9.59 Å². The van der Waals surface area contributed by atoms with Crippen LogP contribution >= 0.6 is 11.6 Å². The van der Waals surface area contributed by atoms with E-state index in [-0.39, 0.29) is 23.9 Å². The second-order valence-corrected chi connectivity index (χ2v) is 7.22. The molecule has 0 radical (unpaired) electrons. The van der Waals surface area contributed by atoms with Crippen LogP contribution in [0, 0.1) is 6.92 Å². The summed E-state index contributed by atoms with van der Waals surface area (Å²) >= 11 is 6.28. The summed E-state index contributed by atoms with van der Waals surface area (Å²) in [6.45, 7) is 3.89. The van der Waals surface area contributed by atoms with Crippen molar-refractivity contribution < 1.29 is 9.59 Å². The fraction of sp³-hybridized carbons (Fsp3) is 0.182. The van der Waals surface area contributed by atoms with Crippen molar-refractivity contribution >= 4 is 29.2 Å². The standard InChI is InChI=1S/C22H22ClN5O2/c1-14-6-3-4-7-16(14)11-20(29)27-28-22(30)18-10-19(23)21(25-13-18)26-15(2)17-8-5-9-24-12-17/h3-10,12-13,15H,11H2,1-2H3,(H,25,26)(H,27,29)(H,28,30). The molecule has 3 aromatic rings. The summed E-state index contributed by atoms with van der Waals surface area (Å²) in [4.78, 5) is 32.7. The number of anilines is 1. The lowest BCUT2D eigenvalue weighted by Crippen LogP contribution is -2.42. The Bertz CT molecular complexity index is 1040. The van der Waals surface area contributed by atoms with Crippen LogP contribution in [0.2, 0.25) is 5.02 Å². The van der Waals surface area contributed by atoms with E-state index in [2.05, 4.69) is 26.1 Å². The number of aromatic nitrogens is 2. The van der Waals surface area contributed by atoms with Gasteiger partial charge in [0.15, 0.2) is 0 Å². The van der Waals surface area contributed by atoms with E-state index in [4.69, 9.17) is 11.6 Å². The zero-order valence-electron chi connectivity index (χ0n) is 16.6. The number of nitrogens with one attached hydrogen (secondary N) is 3. The smallest absolute Gasteiger partial charge is 0.271 e. The van der Waals surface area contributed by atoms with Gasteiger partial charge in [-0.1, -0.05) is 41.9 Å². The lowest BCUT2D eigenvalue weighted by atomic mass is 10.1. The molecule has 7 nitrogen and oxygen atoms in total. The summed E-state index contributed by atoms with van der Waals surface area (Å²) < 4.78 is 0. The van der Waals surface area contributed by atoms with Gasteiger partial charge in [0.1, 0.15) is 5.82 Å². The summed E-state index contributed by atoms with van der Waals surface area (Å²) in [5, 5.41) is 3.49. The Morgan fingerprint density at radius 1 is 1.10 bits per heavy atom. The fourth-order valence-corrected chi connectivity index (χ4v) is 3.03. The number of benzene rings is 1. The van der Waals surface area contributed by atoms with Crippen LogP contribution < -0.4 is 16.2 Å². The van der Waals surface area contributed by atoms with Crippen LogP contribution in [0.25, 0.3) is 0 Å². The van der Waals surface area contributed by atoms with Crippen molar-refractivity contribution in [2.75, 3.05) is 5.32 Å². The number of halogens is 1. The zero-order valence-corrected chi connectivity index (χ0v) is 17.4. The van der Waals surface area contributed by atoms with Gasteiger partial charge in [-0.3, -0.25) is 25.4 Å². The van der Waals surface area contributed by atoms with Crippen LogP contribution in [0.4, 0.5) is 5.82 Å². The third kappa shape index (κ3) is 5.55. The van der Waals surface area contributed by atoms with Crippen molar-refractivity contribution in [2.45, 2.75) is 26.3 Å². The van der Waals surface area contributed by atoms with Crippen LogP contribution in [0.1, 0.15) is 40.0 Å². The maximum atomic E-state index is 12.3. The molecule has 154 valence electrons. The highest BCUT2D eigenvalue weighted by Gasteiger charge is 2.14. The lowest BCUT2D eigenvalue weighted by Gasteiger charge is -2.16. The quantitative estimate of drug-likeness (QED) is 0.526. The first-order valence-electron chi connectivity index (χ1n) is 9.39. The monoisotopic (exact) mass is 423 g/mol. The molecular formula is C22H22ClN5O2. The van der Waals surface area contributed by atoms with E-state index in [1.54, 1.807) is 12.4 Å². The SMILES string of the molecule is Cc1ccccc1CC(=O)NNC(=O)c1cnc(NC(C)c2cccnc2)c(Cl)c1. The number of aryl methyl sites for hydroxylation is 1. The molecule has 0 saturated carbocycles. The summed E-state index contributed by atoms with van der Waals surface area (Å²) in [5.41, 5.74) is 7.92. The molecule has 1 aromatic carbocycles. The first kappa shape index (κ1) is 21.3. The fourth-order valence-electron chi connectivity index (χ4n) is 2.81. The molecule has 1 unspecified atom stereocenters. The van der Waals surface area contributed by atoms with Crippen molar-refractivity contribution in [1.82, 2.24) is 20.8 Å². The van der Waals surface area contributed by atoms with E-state index in [1.807, 2.05) is 50.2 Å². The Labute approximate surface area is 179 Å². The summed E-state index contributed by atoms with van der Waals surface area (Å²) in [7, 11) is 0. The molecule has 2 amide bonds. The Morgan fingerprint density at radius 3 is 2.60 bits per heavy atom. The average Bonchev–Trinajstić information content (AvgIpc) is 2.75. The van der Waals surface area contributed by atoms with Gasteiger partial charge in [-0.15, -0.1) is 0 Å². The van der Waals surface area contributed by atoms with E-state index in [0.717, 1.165) is 16.7 Å². The summed E-state index contributed by atoms with van der Waals surface area (Å²) in [6.07, 6.45) is 5.02. The normalized spacial score (nSPS) is 11.4. The molecule has 1 atom stereocenters. The van der Waals surface area contributed by atoms with E-state index in [1.165, 1.54) is 12.3 Å². The zero-order chi connectivity index (χ0) is 21.5. The maximum absolute atomic E-state index is 12.3. The van der Waals surface area contributed by atoms with Crippen molar-refractivity contribution in [3.8, 4) is 0 Å². The van der Waals surface area contributed by atoms with Crippen molar-refractivity contribution in [3.63, 3.8) is 0 Å². The topological polar surface area (TPSA) is 96.0 Å². The molecule has 2 heterocycles. The molecule has 3 N–H and O–H groups in total. The minimum absolute atomic E-state index is 0.0656. The van der Waals surface area contributed by atoms with Crippen LogP contribution in [0.15, 0.2) is 61.1 Å². The third-order valence-corrected chi connectivity index (χ3v) is 4.86. The number of amides is 2. The number of hydrogen-bond acceptors (Lipinski definition) is 5. The van der Waals surface area contributed by atoms with E-state index < -0.39 is 5.91 Å². The molecule has 0 spiro atoms. The minimum atomic E-state index is -0.505. The third-order valence-electron chi connectivity index (χ3n) is 4.57. The number of nitrogens with zero attached hydrogens (tertiary/aromatic N) is 2. The van der Waals surface area contributed by atoms with Crippen molar-refractivity contribution in [2.24, 2.45) is 0 Å². The van der Waals surface area contributed by atoms with Gasteiger partial charge >= 0.3 is 0 Å². The summed E-state index contributed by atoms with van der Waals surface area (Å²) in [6, 6.07) is 12.8. The van der Waals surface area contributed by atoms with Crippen molar-refractivity contribution in [3.05, 3.63) is 88.3 Å². The van der Waals surface area contributed by atoms with Gasteiger partial charge in [0.2, 0.25) is 5.91 Å². The van der Waals surface area contributed by atoms with Crippen LogP contribution in [0.5, 0.6) is 0 Å². The second-order valence-electron chi connectivity index (χ2n) is 6.81. The van der Waals surface area contributed by atoms with Gasteiger partial charge < -0.3 is 5.32 Å². The maximum Gasteiger partial charge on any atom is 0.271 e. The molecule has 2 aromatic heterocycles. The molecule has 30 heavy (non-hydrogen) atoms. The second kappa shape index (κ2) is 9.84. The number of hydrazine groups is 1. The largest absolute Gasteiger partial charge is 0.362 e.